The van der Waals surface area contributed by atoms with Crippen molar-refractivity contribution >= 4 is 5.97 Å². The van der Waals surface area contributed by atoms with E-state index in [1.165, 1.54) is 20.3 Å². The normalized spacial score (nSPS) is 9.62. The van der Waals surface area contributed by atoms with Crippen LogP contribution in [-0.4, -0.2) is 25.3 Å². The number of carbonyl (C=O) groups is 1. The van der Waals surface area contributed by atoms with Crippen LogP contribution in [0.2, 0.25) is 0 Å². The zero-order valence-electron chi connectivity index (χ0n) is 9.32. The van der Waals surface area contributed by atoms with E-state index in [1.54, 1.807) is 12.1 Å². The van der Waals surface area contributed by atoms with Gasteiger partial charge in [0.25, 0.3) is 0 Å². The first-order valence-electron chi connectivity index (χ1n) is 4.73. The molecule has 0 aliphatic rings. The minimum absolute atomic E-state index is 0.125. The van der Waals surface area contributed by atoms with Gasteiger partial charge >= 0.3 is 5.97 Å². The van der Waals surface area contributed by atoms with Gasteiger partial charge in [0.2, 0.25) is 0 Å². The molecule has 0 heterocycles. The third kappa shape index (κ3) is 2.34. The lowest BCUT2D eigenvalue weighted by Crippen LogP contribution is -2.03. The van der Waals surface area contributed by atoms with Crippen LogP contribution in [0.4, 0.5) is 0 Å². The highest BCUT2D eigenvalue weighted by Gasteiger charge is 2.15. The Morgan fingerprint density at radius 3 is 2.69 bits per heavy atom. The molecule has 4 nitrogen and oxygen atoms in total. The van der Waals surface area contributed by atoms with E-state index in [-0.39, 0.29) is 11.3 Å². The topological polar surface area (TPSA) is 55.8 Å². The van der Waals surface area contributed by atoms with Crippen molar-refractivity contribution in [1.82, 2.24) is 0 Å². The molecule has 16 heavy (non-hydrogen) atoms. The molecule has 0 aromatic heterocycles. The Hall–Kier alpha value is -1.97. The van der Waals surface area contributed by atoms with E-state index in [0.29, 0.717) is 12.2 Å². The standard InChI is InChI=1S/C12H14O4/c1-4-5-8-6-9(12(14)16-3)10(13)7-11(8)15-2/h4,6-7,13H,1,5H2,2-3H3. The van der Waals surface area contributed by atoms with Gasteiger partial charge < -0.3 is 14.6 Å². The molecule has 0 atom stereocenters. The van der Waals surface area contributed by atoms with Crippen LogP contribution in [-0.2, 0) is 11.2 Å². The highest BCUT2D eigenvalue weighted by molar-refractivity contribution is 5.92. The SMILES string of the molecule is C=CCc1cc(C(=O)OC)c(O)cc1OC. The molecule has 0 saturated heterocycles. The summed E-state index contributed by atoms with van der Waals surface area (Å²) in [5.74, 6) is -0.216. The van der Waals surface area contributed by atoms with Gasteiger partial charge in [0, 0.05) is 6.07 Å². The quantitative estimate of drug-likeness (QED) is 0.624. The van der Waals surface area contributed by atoms with Crippen molar-refractivity contribution in [3.05, 3.63) is 35.9 Å². The Morgan fingerprint density at radius 1 is 1.50 bits per heavy atom. The monoisotopic (exact) mass is 222 g/mol. The third-order valence-electron chi connectivity index (χ3n) is 2.17. The second-order valence-corrected chi connectivity index (χ2v) is 3.17. The van der Waals surface area contributed by atoms with E-state index in [2.05, 4.69) is 11.3 Å². The van der Waals surface area contributed by atoms with Crippen molar-refractivity contribution in [2.45, 2.75) is 6.42 Å². The van der Waals surface area contributed by atoms with Gasteiger partial charge in [-0.15, -0.1) is 6.58 Å². The predicted octanol–water partition coefficient (Wildman–Crippen LogP) is 1.92. The smallest absolute Gasteiger partial charge is 0.341 e. The molecule has 0 radical (unpaired) electrons. The van der Waals surface area contributed by atoms with Crippen LogP contribution in [0.15, 0.2) is 24.8 Å². The second-order valence-electron chi connectivity index (χ2n) is 3.17. The van der Waals surface area contributed by atoms with Gasteiger partial charge in [0.1, 0.15) is 17.1 Å². The van der Waals surface area contributed by atoms with Gasteiger partial charge in [-0.1, -0.05) is 6.08 Å². The number of benzene rings is 1. The van der Waals surface area contributed by atoms with Crippen molar-refractivity contribution in [3.8, 4) is 11.5 Å². The zero-order chi connectivity index (χ0) is 12.1. The van der Waals surface area contributed by atoms with Crippen molar-refractivity contribution in [3.63, 3.8) is 0 Å². The maximum absolute atomic E-state index is 11.3. The first-order valence-corrected chi connectivity index (χ1v) is 4.73. The Morgan fingerprint density at radius 2 is 2.19 bits per heavy atom. The van der Waals surface area contributed by atoms with Crippen molar-refractivity contribution in [2.75, 3.05) is 14.2 Å². The number of aromatic hydroxyl groups is 1. The molecule has 0 unspecified atom stereocenters. The molecule has 0 spiro atoms. The number of methoxy groups -OCH3 is 2. The largest absolute Gasteiger partial charge is 0.507 e. The number of hydrogen-bond donors (Lipinski definition) is 1. The molecule has 1 N–H and O–H groups in total. The summed E-state index contributed by atoms with van der Waals surface area (Å²) in [5.41, 5.74) is 0.899. The van der Waals surface area contributed by atoms with E-state index >= 15 is 0 Å². The summed E-state index contributed by atoms with van der Waals surface area (Å²) < 4.78 is 9.65. The predicted molar refractivity (Wildman–Crippen MR) is 59.9 cm³/mol. The maximum atomic E-state index is 11.3. The van der Waals surface area contributed by atoms with E-state index in [0.717, 1.165) is 5.56 Å². The van der Waals surface area contributed by atoms with Gasteiger partial charge in [-0.25, -0.2) is 4.79 Å². The molecule has 0 saturated carbocycles. The van der Waals surface area contributed by atoms with Crippen LogP contribution in [0.25, 0.3) is 0 Å². The van der Waals surface area contributed by atoms with E-state index in [1.807, 2.05) is 0 Å². The van der Waals surface area contributed by atoms with Crippen LogP contribution in [0.3, 0.4) is 0 Å². The summed E-state index contributed by atoms with van der Waals surface area (Å²) in [6.45, 7) is 3.61. The number of carbonyl (C=O) groups excluding carboxylic acids is 1. The van der Waals surface area contributed by atoms with Gasteiger partial charge in [-0.3, -0.25) is 0 Å². The summed E-state index contributed by atoms with van der Waals surface area (Å²) in [6.07, 6.45) is 2.24. The van der Waals surface area contributed by atoms with Crippen LogP contribution >= 0.6 is 0 Å². The minimum Gasteiger partial charge on any atom is -0.507 e. The fourth-order valence-corrected chi connectivity index (χ4v) is 1.39. The number of esters is 1. The van der Waals surface area contributed by atoms with Gasteiger partial charge in [-0.05, 0) is 18.1 Å². The Kier molecular flexibility index (Phi) is 3.94. The van der Waals surface area contributed by atoms with Gasteiger partial charge in [-0.2, -0.15) is 0 Å². The van der Waals surface area contributed by atoms with Gasteiger partial charge in [0.05, 0.1) is 14.2 Å². The number of hydrogen-bond acceptors (Lipinski definition) is 4. The van der Waals surface area contributed by atoms with E-state index < -0.39 is 5.97 Å². The highest BCUT2D eigenvalue weighted by atomic mass is 16.5. The molecule has 1 aromatic carbocycles. The lowest BCUT2D eigenvalue weighted by atomic mass is 10.1. The lowest BCUT2D eigenvalue weighted by Gasteiger charge is -2.10. The molecule has 0 fully saturated rings. The Bertz CT molecular complexity index is 410. The lowest BCUT2D eigenvalue weighted by molar-refractivity contribution is 0.0597. The summed E-state index contributed by atoms with van der Waals surface area (Å²) in [4.78, 5) is 11.3. The fourth-order valence-electron chi connectivity index (χ4n) is 1.39. The molecule has 0 bridgehead atoms. The molecule has 86 valence electrons. The fraction of sp³-hybridized carbons (Fsp3) is 0.250. The molecule has 0 aliphatic carbocycles. The maximum Gasteiger partial charge on any atom is 0.341 e. The van der Waals surface area contributed by atoms with Crippen LogP contribution in [0, 0.1) is 0 Å². The Labute approximate surface area is 94.1 Å². The summed E-state index contributed by atoms with van der Waals surface area (Å²) >= 11 is 0. The summed E-state index contributed by atoms with van der Waals surface area (Å²) in [6, 6.07) is 2.94. The second kappa shape index (κ2) is 5.21. The minimum atomic E-state index is -0.578. The molecular formula is C12H14O4. The number of ether oxygens (including phenoxy) is 2. The van der Waals surface area contributed by atoms with Crippen LogP contribution < -0.4 is 4.74 Å². The van der Waals surface area contributed by atoms with Gasteiger partial charge in [0.15, 0.2) is 0 Å². The number of phenols is 1. The molecule has 0 amide bonds. The van der Waals surface area contributed by atoms with E-state index in [9.17, 15) is 9.90 Å². The van der Waals surface area contributed by atoms with Crippen LogP contribution in [0.5, 0.6) is 11.5 Å². The molecular weight excluding hydrogens is 208 g/mol. The number of rotatable bonds is 4. The first kappa shape index (κ1) is 12.1. The zero-order valence-corrected chi connectivity index (χ0v) is 9.32. The average molecular weight is 222 g/mol. The Balaban J connectivity index is 3.26. The third-order valence-corrected chi connectivity index (χ3v) is 2.17. The number of phenolic OH excluding ortho intramolecular Hbond substituents is 1. The summed E-state index contributed by atoms with van der Waals surface area (Å²) in [7, 11) is 2.76. The summed E-state index contributed by atoms with van der Waals surface area (Å²) in [5, 5.41) is 9.61. The highest BCUT2D eigenvalue weighted by Crippen LogP contribution is 2.29. The average Bonchev–Trinajstić information content (AvgIpc) is 2.30. The number of allylic oxidation sites excluding steroid dienone is 1. The molecule has 1 aromatic rings. The first-order chi connectivity index (χ1) is 7.63. The van der Waals surface area contributed by atoms with E-state index in [4.69, 9.17) is 4.74 Å². The molecule has 4 heteroatoms. The molecule has 0 aliphatic heterocycles. The van der Waals surface area contributed by atoms with Crippen molar-refractivity contribution < 1.29 is 19.4 Å². The van der Waals surface area contributed by atoms with Crippen LogP contribution in [0.1, 0.15) is 15.9 Å². The molecule has 1 rings (SSSR count). The van der Waals surface area contributed by atoms with Crippen molar-refractivity contribution in [2.24, 2.45) is 0 Å². The van der Waals surface area contributed by atoms with Crippen molar-refractivity contribution in [1.29, 1.82) is 0 Å².